The molecule has 2 heterocycles. The molecule has 2 bridgehead atoms. The second kappa shape index (κ2) is 6.00. The smallest absolute Gasteiger partial charge is 0.317 e. The van der Waals surface area contributed by atoms with Crippen LogP contribution < -0.4 is 5.32 Å². The maximum absolute atomic E-state index is 12.6. The third-order valence-electron chi connectivity index (χ3n) is 6.14. The van der Waals surface area contributed by atoms with Crippen LogP contribution in [-0.2, 0) is 0 Å². The van der Waals surface area contributed by atoms with Crippen molar-refractivity contribution in [3.63, 3.8) is 0 Å². The first kappa shape index (κ1) is 14.8. The zero-order chi connectivity index (χ0) is 15.1. The van der Waals surface area contributed by atoms with Gasteiger partial charge < -0.3 is 15.3 Å². The number of carbonyl (C=O) groups excluding carboxylic acids is 1. The SMILES string of the molecule is O=C(NC1[C@H]2CCC[C@H]1CN(C1CC1)C2)N1CCC[C@@H](O)C1. The maximum atomic E-state index is 12.6. The Balaban J connectivity index is 1.38. The zero-order valence-corrected chi connectivity index (χ0v) is 13.4. The minimum Gasteiger partial charge on any atom is -0.391 e. The number of rotatable bonds is 2. The third kappa shape index (κ3) is 2.98. The van der Waals surface area contributed by atoms with Gasteiger partial charge in [0.15, 0.2) is 0 Å². The number of nitrogens with one attached hydrogen (secondary N) is 1. The highest BCUT2D eigenvalue weighted by Gasteiger charge is 2.44. The van der Waals surface area contributed by atoms with Crippen molar-refractivity contribution in [3.05, 3.63) is 0 Å². The lowest BCUT2D eigenvalue weighted by molar-refractivity contribution is 0.0387. The van der Waals surface area contributed by atoms with Crippen LogP contribution in [0.5, 0.6) is 0 Å². The van der Waals surface area contributed by atoms with Crippen LogP contribution in [0.2, 0.25) is 0 Å². The number of piperidine rings is 2. The molecule has 4 rings (SSSR count). The van der Waals surface area contributed by atoms with Crippen molar-refractivity contribution in [2.24, 2.45) is 11.8 Å². The zero-order valence-electron chi connectivity index (χ0n) is 13.4. The fraction of sp³-hybridized carbons (Fsp3) is 0.941. The number of hydrogen-bond donors (Lipinski definition) is 2. The lowest BCUT2D eigenvalue weighted by Crippen LogP contribution is -2.61. The van der Waals surface area contributed by atoms with E-state index >= 15 is 0 Å². The molecule has 2 N–H and O–H groups in total. The fourth-order valence-corrected chi connectivity index (χ4v) is 4.82. The van der Waals surface area contributed by atoms with E-state index in [9.17, 15) is 9.90 Å². The van der Waals surface area contributed by atoms with E-state index in [0.717, 1.165) is 25.4 Å². The molecule has 2 aliphatic heterocycles. The second-order valence-corrected chi connectivity index (χ2v) is 7.85. The van der Waals surface area contributed by atoms with Crippen LogP contribution >= 0.6 is 0 Å². The molecule has 22 heavy (non-hydrogen) atoms. The minimum atomic E-state index is -0.337. The fourth-order valence-electron chi connectivity index (χ4n) is 4.82. The number of hydrogen-bond acceptors (Lipinski definition) is 3. The molecule has 5 nitrogen and oxygen atoms in total. The van der Waals surface area contributed by atoms with E-state index in [1.54, 1.807) is 0 Å². The number of aliphatic hydroxyl groups is 1. The summed E-state index contributed by atoms with van der Waals surface area (Å²) in [6.45, 7) is 3.64. The topological polar surface area (TPSA) is 55.8 Å². The quantitative estimate of drug-likeness (QED) is 0.811. The molecule has 0 aromatic heterocycles. The Morgan fingerprint density at radius 3 is 2.32 bits per heavy atom. The average molecular weight is 307 g/mol. The lowest BCUT2D eigenvalue weighted by atomic mass is 9.73. The second-order valence-electron chi connectivity index (χ2n) is 7.85. The van der Waals surface area contributed by atoms with Gasteiger partial charge in [0.05, 0.1) is 6.10 Å². The first-order valence-electron chi connectivity index (χ1n) is 9.18. The standard InChI is InChI=1S/C17H29N3O2/c21-15-5-2-8-19(11-15)17(22)18-16-12-3-1-4-13(16)10-20(9-12)14-6-7-14/h12-16,21H,1-11H2,(H,18,22)/t12-,13-,15+/m0/s1. The van der Waals surface area contributed by atoms with Crippen LogP contribution in [0, 0.1) is 11.8 Å². The van der Waals surface area contributed by atoms with E-state index in [4.69, 9.17) is 0 Å². The lowest BCUT2D eigenvalue weighted by Gasteiger charge is -2.48. The number of urea groups is 1. The largest absolute Gasteiger partial charge is 0.391 e. The number of carbonyl (C=O) groups is 1. The van der Waals surface area contributed by atoms with Gasteiger partial charge in [0.25, 0.3) is 0 Å². The maximum Gasteiger partial charge on any atom is 0.317 e. The molecular weight excluding hydrogens is 278 g/mol. The number of likely N-dealkylation sites (tertiary alicyclic amines) is 2. The van der Waals surface area contributed by atoms with Gasteiger partial charge in [0.2, 0.25) is 0 Å². The predicted octanol–water partition coefficient (Wildman–Crippen LogP) is 1.42. The van der Waals surface area contributed by atoms with Gasteiger partial charge in [-0.1, -0.05) is 6.42 Å². The molecule has 2 saturated carbocycles. The van der Waals surface area contributed by atoms with Crippen LogP contribution in [0.4, 0.5) is 4.79 Å². The first-order valence-corrected chi connectivity index (χ1v) is 9.18. The molecule has 0 aromatic carbocycles. The Morgan fingerprint density at radius 1 is 0.955 bits per heavy atom. The van der Waals surface area contributed by atoms with Crippen molar-refractivity contribution < 1.29 is 9.90 Å². The molecule has 0 radical (unpaired) electrons. The summed E-state index contributed by atoms with van der Waals surface area (Å²) in [7, 11) is 0. The van der Waals surface area contributed by atoms with Gasteiger partial charge in [-0.3, -0.25) is 4.90 Å². The highest BCUT2D eigenvalue weighted by Crippen LogP contribution is 2.39. The Kier molecular flexibility index (Phi) is 4.03. The van der Waals surface area contributed by atoms with Crippen LogP contribution in [0.25, 0.3) is 0 Å². The Bertz CT molecular complexity index is 412. The number of β-amino-alcohol motifs (C(OH)–C–C–N with tert-alkyl or cyclic N) is 1. The summed E-state index contributed by atoms with van der Waals surface area (Å²) < 4.78 is 0. The van der Waals surface area contributed by atoms with E-state index in [-0.39, 0.29) is 12.1 Å². The molecule has 124 valence electrons. The number of amides is 2. The first-order chi connectivity index (χ1) is 10.7. The van der Waals surface area contributed by atoms with Crippen molar-refractivity contribution in [2.75, 3.05) is 26.2 Å². The van der Waals surface area contributed by atoms with Crippen molar-refractivity contribution in [2.45, 2.75) is 63.1 Å². The van der Waals surface area contributed by atoms with Crippen LogP contribution in [0.1, 0.15) is 44.9 Å². The van der Waals surface area contributed by atoms with Gasteiger partial charge in [0.1, 0.15) is 0 Å². The van der Waals surface area contributed by atoms with E-state index in [0.29, 0.717) is 24.4 Å². The molecule has 0 aromatic rings. The van der Waals surface area contributed by atoms with Crippen LogP contribution in [-0.4, -0.2) is 65.3 Å². The molecular formula is C17H29N3O2. The minimum absolute atomic E-state index is 0.0560. The van der Waals surface area contributed by atoms with E-state index in [2.05, 4.69) is 10.2 Å². The predicted molar refractivity (Wildman–Crippen MR) is 84.6 cm³/mol. The molecule has 4 aliphatic rings. The summed E-state index contributed by atoms with van der Waals surface area (Å²) >= 11 is 0. The summed E-state index contributed by atoms with van der Waals surface area (Å²) in [5.41, 5.74) is 0. The van der Waals surface area contributed by atoms with E-state index in [1.807, 2.05) is 4.90 Å². The van der Waals surface area contributed by atoms with Crippen molar-refractivity contribution >= 4 is 6.03 Å². The van der Waals surface area contributed by atoms with Gasteiger partial charge in [-0.2, -0.15) is 0 Å². The van der Waals surface area contributed by atoms with Crippen molar-refractivity contribution in [1.82, 2.24) is 15.1 Å². The molecule has 0 unspecified atom stereocenters. The van der Waals surface area contributed by atoms with Gasteiger partial charge >= 0.3 is 6.03 Å². The monoisotopic (exact) mass is 307 g/mol. The molecule has 2 saturated heterocycles. The normalized spacial score (nSPS) is 39.6. The highest BCUT2D eigenvalue weighted by molar-refractivity contribution is 5.74. The molecule has 5 heteroatoms. The van der Waals surface area contributed by atoms with E-state index < -0.39 is 0 Å². The Labute approximate surface area is 133 Å². The summed E-state index contributed by atoms with van der Waals surface area (Å²) in [6.07, 6.45) is 8.00. The van der Waals surface area contributed by atoms with Crippen LogP contribution in [0.3, 0.4) is 0 Å². The Morgan fingerprint density at radius 2 is 1.68 bits per heavy atom. The molecule has 3 atom stereocenters. The van der Waals surface area contributed by atoms with Crippen molar-refractivity contribution in [3.8, 4) is 0 Å². The van der Waals surface area contributed by atoms with Gasteiger partial charge in [-0.25, -0.2) is 4.79 Å². The van der Waals surface area contributed by atoms with Gasteiger partial charge in [-0.05, 0) is 50.4 Å². The number of fused-ring (bicyclic) bond motifs is 2. The summed E-state index contributed by atoms with van der Waals surface area (Å²) in [5.74, 6) is 1.26. The summed E-state index contributed by atoms with van der Waals surface area (Å²) in [4.78, 5) is 17.1. The Hall–Kier alpha value is -0.810. The molecule has 2 aliphatic carbocycles. The number of nitrogens with zero attached hydrogens (tertiary/aromatic N) is 2. The number of aliphatic hydroxyl groups excluding tert-OH is 1. The van der Waals surface area contributed by atoms with E-state index in [1.165, 1.54) is 45.2 Å². The van der Waals surface area contributed by atoms with Gasteiger partial charge in [-0.15, -0.1) is 0 Å². The van der Waals surface area contributed by atoms with Crippen LogP contribution in [0.15, 0.2) is 0 Å². The highest BCUT2D eigenvalue weighted by atomic mass is 16.3. The summed E-state index contributed by atoms with van der Waals surface area (Å²) in [6, 6.07) is 1.26. The van der Waals surface area contributed by atoms with Gasteiger partial charge in [0, 0.05) is 38.3 Å². The molecule has 0 spiro atoms. The van der Waals surface area contributed by atoms with Crippen molar-refractivity contribution in [1.29, 1.82) is 0 Å². The molecule has 4 fully saturated rings. The third-order valence-corrected chi connectivity index (χ3v) is 6.14. The molecule has 2 amide bonds. The summed E-state index contributed by atoms with van der Waals surface area (Å²) in [5, 5.41) is 13.1. The average Bonchev–Trinajstić information content (AvgIpc) is 3.31.